The number of allylic oxidation sites excluding steroid dienone is 1. The topological polar surface area (TPSA) is 20.3 Å². The van der Waals surface area contributed by atoms with Gasteiger partial charge in [0.2, 0.25) is 5.91 Å². The van der Waals surface area contributed by atoms with Crippen molar-refractivity contribution in [3.63, 3.8) is 0 Å². The number of hydrogen-bond acceptors (Lipinski definition) is 1. The highest BCUT2D eigenvalue weighted by Crippen LogP contribution is 2.43. The van der Waals surface area contributed by atoms with Gasteiger partial charge in [0, 0.05) is 12.1 Å². The zero-order valence-electron chi connectivity index (χ0n) is 12.5. The van der Waals surface area contributed by atoms with Crippen molar-refractivity contribution in [1.29, 1.82) is 0 Å². The van der Waals surface area contributed by atoms with Gasteiger partial charge in [-0.05, 0) is 43.8 Å². The molecule has 1 atom stereocenters. The number of amides is 1. The number of carbonyl (C=O) groups excluding carboxylic acids is 1. The molecule has 0 saturated carbocycles. The zero-order valence-corrected chi connectivity index (χ0v) is 12.5. The van der Waals surface area contributed by atoms with Crippen LogP contribution in [0.4, 0.5) is 0 Å². The Morgan fingerprint density at radius 2 is 1.78 bits per heavy atom. The van der Waals surface area contributed by atoms with Crippen LogP contribution in [0.15, 0.2) is 23.3 Å². The molecule has 0 bridgehead atoms. The average Bonchev–Trinajstić information content (AvgIpc) is 2.59. The molecule has 100 valence electrons. The Labute approximate surface area is 111 Å². The molecular weight excluding hydrogens is 222 g/mol. The molecule has 1 aliphatic carbocycles. The highest BCUT2D eigenvalue weighted by Gasteiger charge is 2.44. The lowest BCUT2D eigenvalue weighted by Crippen LogP contribution is -2.54. The first-order valence-electron chi connectivity index (χ1n) is 6.82. The molecule has 1 aliphatic heterocycles. The summed E-state index contributed by atoms with van der Waals surface area (Å²) in [6.07, 6.45) is 5.36. The predicted octanol–water partition coefficient (Wildman–Crippen LogP) is 3.55. The molecule has 0 radical (unpaired) electrons. The van der Waals surface area contributed by atoms with E-state index < -0.39 is 0 Å². The number of nitrogens with zero attached hydrogens (tertiary/aromatic N) is 1. The maximum atomic E-state index is 12.8. The molecule has 2 heteroatoms. The van der Waals surface area contributed by atoms with Crippen molar-refractivity contribution in [2.75, 3.05) is 6.54 Å². The van der Waals surface area contributed by atoms with Crippen LogP contribution >= 0.6 is 0 Å². The van der Waals surface area contributed by atoms with E-state index >= 15 is 0 Å². The Bertz CT molecular complexity index is 429. The smallest absolute Gasteiger partial charge is 0.231 e. The van der Waals surface area contributed by atoms with Gasteiger partial charge < -0.3 is 4.90 Å². The maximum absolute atomic E-state index is 12.8. The van der Waals surface area contributed by atoms with Gasteiger partial charge in [0.25, 0.3) is 0 Å². The fourth-order valence-electron chi connectivity index (χ4n) is 3.04. The van der Waals surface area contributed by atoms with Gasteiger partial charge in [0.15, 0.2) is 0 Å². The van der Waals surface area contributed by atoms with E-state index in [4.69, 9.17) is 0 Å². The van der Waals surface area contributed by atoms with Crippen molar-refractivity contribution in [3.8, 4) is 0 Å². The summed E-state index contributed by atoms with van der Waals surface area (Å²) >= 11 is 0. The van der Waals surface area contributed by atoms with Crippen molar-refractivity contribution in [3.05, 3.63) is 23.3 Å². The first-order chi connectivity index (χ1) is 8.12. The van der Waals surface area contributed by atoms with Crippen LogP contribution in [-0.4, -0.2) is 22.9 Å². The highest BCUT2D eigenvalue weighted by atomic mass is 16.2. The monoisotopic (exact) mass is 247 g/mol. The van der Waals surface area contributed by atoms with Gasteiger partial charge in [-0.2, -0.15) is 0 Å². The van der Waals surface area contributed by atoms with Gasteiger partial charge in [-0.3, -0.25) is 4.79 Å². The molecule has 0 saturated heterocycles. The summed E-state index contributed by atoms with van der Waals surface area (Å²) < 4.78 is 0. The van der Waals surface area contributed by atoms with E-state index in [-0.39, 0.29) is 16.9 Å². The van der Waals surface area contributed by atoms with Crippen LogP contribution in [0.5, 0.6) is 0 Å². The van der Waals surface area contributed by atoms with Crippen LogP contribution in [-0.2, 0) is 4.79 Å². The van der Waals surface area contributed by atoms with E-state index in [1.165, 1.54) is 11.1 Å². The molecule has 1 heterocycles. The van der Waals surface area contributed by atoms with Gasteiger partial charge >= 0.3 is 0 Å². The summed E-state index contributed by atoms with van der Waals surface area (Å²) in [4.78, 5) is 14.9. The summed E-state index contributed by atoms with van der Waals surface area (Å²) in [7, 11) is 0. The molecule has 0 aromatic heterocycles. The maximum Gasteiger partial charge on any atom is 0.231 e. The van der Waals surface area contributed by atoms with Gasteiger partial charge in [-0.25, -0.2) is 0 Å². The third-order valence-corrected chi connectivity index (χ3v) is 3.93. The van der Waals surface area contributed by atoms with Crippen molar-refractivity contribution in [2.45, 2.75) is 53.5 Å². The van der Waals surface area contributed by atoms with Gasteiger partial charge in [0.05, 0.1) is 5.92 Å². The Morgan fingerprint density at radius 3 is 2.28 bits per heavy atom. The SMILES string of the molecule is CC(C)(C)C1C(=O)N(C(C)(C)C)CC2=C1CC=C2. The normalized spacial score (nSPS) is 24.9. The van der Waals surface area contributed by atoms with E-state index in [1.807, 2.05) is 4.90 Å². The average molecular weight is 247 g/mol. The standard InChI is InChI=1S/C16H25NO/c1-15(2,3)13-12-9-7-8-11(12)10-17(14(13)18)16(4,5)6/h7-8,13H,9-10H2,1-6H3. The Hall–Kier alpha value is -1.05. The van der Waals surface area contributed by atoms with Crippen LogP contribution < -0.4 is 0 Å². The van der Waals surface area contributed by atoms with Crippen LogP contribution in [0.25, 0.3) is 0 Å². The molecule has 2 nitrogen and oxygen atoms in total. The lowest BCUT2D eigenvalue weighted by molar-refractivity contribution is -0.142. The minimum Gasteiger partial charge on any atom is -0.333 e. The quantitative estimate of drug-likeness (QED) is 0.641. The van der Waals surface area contributed by atoms with Crippen molar-refractivity contribution >= 4 is 5.91 Å². The van der Waals surface area contributed by atoms with Crippen LogP contribution in [0.2, 0.25) is 0 Å². The van der Waals surface area contributed by atoms with E-state index in [9.17, 15) is 4.79 Å². The Morgan fingerprint density at radius 1 is 1.17 bits per heavy atom. The largest absolute Gasteiger partial charge is 0.333 e. The first kappa shape index (κ1) is 13.4. The minimum absolute atomic E-state index is 0.00634. The number of rotatable bonds is 0. The summed E-state index contributed by atoms with van der Waals surface area (Å²) in [5.41, 5.74) is 2.61. The predicted molar refractivity (Wildman–Crippen MR) is 75.2 cm³/mol. The molecule has 0 aromatic rings. The van der Waals surface area contributed by atoms with Crippen molar-refractivity contribution in [2.24, 2.45) is 11.3 Å². The van der Waals surface area contributed by atoms with Crippen LogP contribution in [0, 0.1) is 11.3 Å². The molecule has 0 fully saturated rings. The van der Waals surface area contributed by atoms with Gasteiger partial charge in [0.1, 0.15) is 0 Å². The van der Waals surface area contributed by atoms with E-state index in [0.29, 0.717) is 5.91 Å². The van der Waals surface area contributed by atoms with E-state index in [2.05, 4.69) is 53.7 Å². The summed E-state index contributed by atoms with van der Waals surface area (Å²) in [5, 5.41) is 0. The molecule has 1 unspecified atom stereocenters. The molecule has 0 aromatic carbocycles. The molecular formula is C16H25NO. The third-order valence-electron chi connectivity index (χ3n) is 3.93. The Balaban J connectivity index is 2.45. The second kappa shape index (κ2) is 3.97. The first-order valence-corrected chi connectivity index (χ1v) is 6.82. The van der Waals surface area contributed by atoms with Gasteiger partial charge in [-0.1, -0.05) is 32.9 Å². The number of hydrogen-bond donors (Lipinski definition) is 0. The fraction of sp³-hybridized carbons (Fsp3) is 0.688. The molecule has 0 spiro atoms. The van der Waals surface area contributed by atoms with Crippen molar-refractivity contribution < 1.29 is 4.79 Å². The van der Waals surface area contributed by atoms with Gasteiger partial charge in [-0.15, -0.1) is 0 Å². The van der Waals surface area contributed by atoms with E-state index in [1.54, 1.807) is 0 Å². The van der Waals surface area contributed by atoms with Crippen LogP contribution in [0.3, 0.4) is 0 Å². The molecule has 2 rings (SSSR count). The lowest BCUT2D eigenvalue weighted by Gasteiger charge is -2.45. The third kappa shape index (κ3) is 2.13. The highest BCUT2D eigenvalue weighted by molar-refractivity contribution is 5.86. The second-order valence-corrected chi connectivity index (χ2v) is 7.55. The zero-order chi connectivity index (χ0) is 13.7. The lowest BCUT2D eigenvalue weighted by atomic mass is 9.71. The summed E-state index contributed by atoms with van der Waals surface area (Å²) in [6, 6.07) is 0. The van der Waals surface area contributed by atoms with Crippen LogP contribution in [0.1, 0.15) is 48.0 Å². The number of carbonyl (C=O) groups is 1. The summed E-state index contributed by atoms with van der Waals surface area (Å²) in [6.45, 7) is 13.7. The summed E-state index contributed by atoms with van der Waals surface area (Å²) in [5.74, 6) is 0.341. The van der Waals surface area contributed by atoms with E-state index in [0.717, 1.165) is 13.0 Å². The Kier molecular flexibility index (Phi) is 2.95. The van der Waals surface area contributed by atoms with Crippen molar-refractivity contribution in [1.82, 2.24) is 4.90 Å². The molecule has 1 amide bonds. The fourth-order valence-corrected chi connectivity index (χ4v) is 3.04. The second-order valence-electron chi connectivity index (χ2n) is 7.55. The molecule has 0 N–H and O–H groups in total. The molecule has 18 heavy (non-hydrogen) atoms. The molecule has 2 aliphatic rings. The minimum atomic E-state index is -0.102.